The smallest absolute Gasteiger partial charge is 0.150 e. The fraction of sp³-hybridized carbons (Fsp3) is 0.441. The molecule has 0 amide bonds. The second kappa shape index (κ2) is 15.6. The van der Waals surface area contributed by atoms with Gasteiger partial charge >= 0.3 is 0 Å². The van der Waals surface area contributed by atoms with E-state index in [1.807, 2.05) is 36.4 Å². The highest BCUT2D eigenvalue weighted by Gasteiger charge is 2.14. The third-order valence-corrected chi connectivity index (χ3v) is 7.57. The second-order valence-electron chi connectivity index (χ2n) is 10.4. The summed E-state index contributed by atoms with van der Waals surface area (Å²) in [6.45, 7) is 17.9. The zero-order valence-electron chi connectivity index (χ0n) is 25.7. The van der Waals surface area contributed by atoms with Gasteiger partial charge in [-0.1, -0.05) is 27.7 Å². The van der Waals surface area contributed by atoms with Gasteiger partial charge in [0.05, 0.1) is 18.7 Å². The van der Waals surface area contributed by atoms with Gasteiger partial charge in [-0.15, -0.1) is 0 Å². The van der Waals surface area contributed by atoms with Gasteiger partial charge in [-0.25, -0.2) is 9.37 Å². The molecule has 0 fully saturated rings. The number of H-pyrrole nitrogens is 1. The van der Waals surface area contributed by atoms with Crippen molar-refractivity contribution >= 4 is 11.0 Å². The van der Waals surface area contributed by atoms with Crippen LogP contribution in [0, 0.1) is 12.7 Å². The van der Waals surface area contributed by atoms with Gasteiger partial charge in [0.25, 0.3) is 0 Å². The molecule has 0 radical (unpaired) electrons. The van der Waals surface area contributed by atoms with E-state index in [4.69, 9.17) is 19.2 Å². The molecule has 226 valence electrons. The Labute approximate surface area is 249 Å². The molecule has 42 heavy (non-hydrogen) atoms. The van der Waals surface area contributed by atoms with Gasteiger partial charge in [0.1, 0.15) is 34.4 Å². The van der Waals surface area contributed by atoms with E-state index >= 15 is 0 Å². The largest absolute Gasteiger partial charge is 0.493 e. The number of fused-ring (bicyclic) bond motifs is 1. The standard InChI is InChI=1S/C34H45FN4O3/c1-6-38(7-2)18-10-20-40-29-23-31-33(32(24-29)41-21-11-19-39(8-3)9-4)37-34(36-31)26-12-14-27(15-13-26)42-28-16-17-30(35)25(5)22-28/h12-17,22-24H,6-11,18-21H2,1-5H3,(H,36,37). The zero-order chi connectivity index (χ0) is 29.9. The molecule has 4 aromatic rings. The summed E-state index contributed by atoms with van der Waals surface area (Å²) in [5, 5.41) is 0. The van der Waals surface area contributed by atoms with E-state index < -0.39 is 0 Å². The van der Waals surface area contributed by atoms with Crippen LogP contribution in [-0.4, -0.2) is 72.3 Å². The Hall–Kier alpha value is -3.62. The van der Waals surface area contributed by atoms with E-state index in [0.717, 1.165) is 86.0 Å². The van der Waals surface area contributed by atoms with Crippen LogP contribution in [0.25, 0.3) is 22.4 Å². The molecule has 0 unspecified atom stereocenters. The fourth-order valence-electron chi connectivity index (χ4n) is 4.92. The summed E-state index contributed by atoms with van der Waals surface area (Å²) in [7, 11) is 0. The lowest BCUT2D eigenvalue weighted by atomic mass is 10.2. The summed E-state index contributed by atoms with van der Waals surface area (Å²) >= 11 is 0. The average molecular weight is 577 g/mol. The number of hydrogen-bond acceptors (Lipinski definition) is 6. The van der Waals surface area contributed by atoms with Crippen molar-refractivity contribution in [1.82, 2.24) is 19.8 Å². The number of hydrogen-bond donors (Lipinski definition) is 1. The third-order valence-electron chi connectivity index (χ3n) is 7.57. The van der Waals surface area contributed by atoms with Crippen molar-refractivity contribution < 1.29 is 18.6 Å². The number of aryl methyl sites for hydroxylation is 1. The molecule has 4 rings (SSSR count). The van der Waals surface area contributed by atoms with E-state index in [9.17, 15) is 4.39 Å². The van der Waals surface area contributed by atoms with Crippen LogP contribution < -0.4 is 14.2 Å². The highest BCUT2D eigenvalue weighted by Crippen LogP contribution is 2.33. The maximum Gasteiger partial charge on any atom is 0.150 e. The number of nitrogens with zero attached hydrogens (tertiary/aromatic N) is 3. The molecule has 7 nitrogen and oxygen atoms in total. The highest BCUT2D eigenvalue weighted by molar-refractivity contribution is 5.86. The highest BCUT2D eigenvalue weighted by atomic mass is 19.1. The van der Waals surface area contributed by atoms with Crippen LogP contribution in [0.1, 0.15) is 46.1 Å². The summed E-state index contributed by atoms with van der Waals surface area (Å²) < 4.78 is 32.0. The van der Waals surface area contributed by atoms with Crippen molar-refractivity contribution in [2.45, 2.75) is 47.5 Å². The van der Waals surface area contributed by atoms with Crippen LogP contribution in [0.4, 0.5) is 4.39 Å². The molecule has 0 atom stereocenters. The molecule has 3 aromatic carbocycles. The second-order valence-corrected chi connectivity index (χ2v) is 10.4. The van der Waals surface area contributed by atoms with Crippen molar-refractivity contribution in [3.63, 3.8) is 0 Å². The number of benzene rings is 3. The number of aromatic nitrogens is 2. The molecule has 1 aromatic heterocycles. The van der Waals surface area contributed by atoms with Gasteiger partial charge in [-0.2, -0.15) is 0 Å². The number of nitrogens with one attached hydrogen (secondary N) is 1. The minimum atomic E-state index is -0.247. The van der Waals surface area contributed by atoms with Gasteiger partial charge in [0.2, 0.25) is 0 Å². The fourth-order valence-corrected chi connectivity index (χ4v) is 4.92. The van der Waals surface area contributed by atoms with Crippen LogP contribution in [0.5, 0.6) is 23.0 Å². The topological polar surface area (TPSA) is 62.9 Å². The molecular formula is C34H45FN4O3. The van der Waals surface area contributed by atoms with Crippen molar-refractivity contribution in [3.05, 3.63) is 66.0 Å². The summed E-state index contributed by atoms with van der Waals surface area (Å²) in [5.74, 6) is 3.24. The van der Waals surface area contributed by atoms with Crippen molar-refractivity contribution in [3.8, 4) is 34.4 Å². The molecule has 1 N–H and O–H groups in total. The quantitative estimate of drug-likeness (QED) is 0.130. The Morgan fingerprint density at radius 3 is 1.98 bits per heavy atom. The first-order valence-electron chi connectivity index (χ1n) is 15.2. The molecule has 0 bridgehead atoms. The molecule has 0 aliphatic rings. The predicted molar refractivity (Wildman–Crippen MR) is 169 cm³/mol. The third kappa shape index (κ3) is 8.46. The molecule has 0 aliphatic carbocycles. The first-order chi connectivity index (χ1) is 20.4. The molecule has 0 spiro atoms. The minimum absolute atomic E-state index is 0.247. The zero-order valence-corrected chi connectivity index (χ0v) is 25.7. The summed E-state index contributed by atoms with van der Waals surface area (Å²) in [4.78, 5) is 13.2. The maximum absolute atomic E-state index is 13.6. The number of aromatic amines is 1. The molecular weight excluding hydrogens is 531 g/mol. The summed E-state index contributed by atoms with van der Waals surface area (Å²) in [6.07, 6.45) is 1.89. The number of rotatable bonds is 17. The van der Waals surface area contributed by atoms with Crippen LogP contribution in [0.3, 0.4) is 0 Å². The van der Waals surface area contributed by atoms with Crippen LogP contribution in [-0.2, 0) is 0 Å². The number of halogens is 1. The normalized spacial score (nSPS) is 11.5. The Bertz CT molecular complexity index is 1400. The van der Waals surface area contributed by atoms with Gasteiger partial charge in [0, 0.05) is 30.8 Å². The Morgan fingerprint density at radius 1 is 0.738 bits per heavy atom. The predicted octanol–water partition coefficient (Wildman–Crippen LogP) is 7.69. The van der Waals surface area contributed by atoms with E-state index in [1.54, 1.807) is 19.1 Å². The first-order valence-corrected chi connectivity index (χ1v) is 15.2. The Morgan fingerprint density at radius 2 is 1.36 bits per heavy atom. The molecule has 0 aliphatic heterocycles. The van der Waals surface area contributed by atoms with Crippen LogP contribution >= 0.6 is 0 Å². The molecule has 1 heterocycles. The van der Waals surface area contributed by atoms with Gasteiger partial charge in [-0.3, -0.25) is 0 Å². The monoisotopic (exact) mass is 576 g/mol. The maximum atomic E-state index is 13.6. The SMILES string of the molecule is CCN(CC)CCCOc1cc(OCCCN(CC)CC)c2nc(-c3ccc(Oc4ccc(F)c(C)c4)cc3)[nH]c2c1. The van der Waals surface area contributed by atoms with E-state index in [2.05, 4.69) is 42.5 Å². The minimum Gasteiger partial charge on any atom is -0.493 e. The Balaban J connectivity index is 1.50. The van der Waals surface area contributed by atoms with Crippen molar-refractivity contribution in [2.24, 2.45) is 0 Å². The first kappa shape index (κ1) is 31.3. The lowest BCUT2D eigenvalue weighted by molar-refractivity contribution is 0.243. The molecule has 0 saturated carbocycles. The van der Waals surface area contributed by atoms with Gasteiger partial charge in [-0.05, 0) is 94.0 Å². The van der Waals surface area contributed by atoms with E-state index in [1.165, 1.54) is 6.07 Å². The molecule has 8 heteroatoms. The van der Waals surface area contributed by atoms with Gasteiger partial charge in [0.15, 0.2) is 5.75 Å². The number of imidazole rings is 1. The van der Waals surface area contributed by atoms with Crippen molar-refractivity contribution in [1.29, 1.82) is 0 Å². The van der Waals surface area contributed by atoms with Crippen molar-refractivity contribution in [2.75, 3.05) is 52.5 Å². The van der Waals surface area contributed by atoms with Crippen LogP contribution in [0.2, 0.25) is 0 Å². The van der Waals surface area contributed by atoms with Gasteiger partial charge < -0.3 is 29.0 Å². The van der Waals surface area contributed by atoms with E-state index in [-0.39, 0.29) is 5.82 Å². The lowest BCUT2D eigenvalue weighted by Gasteiger charge is -2.18. The lowest BCUT2D eigenvalue weighted by Crippen LogP contribution is -2.25. The van der Waals surface area contributed by atoms with Crippen LogP contribution in [0.15, 0.2) is 54.6 Å². The summed E-state index contributed by atoms with van der Waals surface area (Å²) in [5.41, 5.74) is 3.12. The van der Waals surface area contributed by atoms with E-state index in [0.29, 0.717) is 30.3 Å². The average Bonchev–Trinajstić information content (AvgIpc) is 3.44. The number of ether oxygens (including phenoxy) is 3. The Kier molecular flexibility index (Phi) is 11.6. The molecule has 0 saturated heterocycles. The summed E-state index contributed by atoms with van der Waals surface area (Å²) in [6, 6.07) is 16.4.